The van der Waals surface area contributed by atoms with Crippen LogP contribution in [0.25, 0.3) is 0 Å². The summed E-state index contributed by atoms with van der Waals surface area (Å²) < 4.78 is 47.4. The van der Waals surface area contributed by atoms with E-state index in [1.807, 2.05) is 14.1 Å². The number of halogens is 3. The van der Waals surface area contributed by atoms with Gasteiger partial charge in [0.2, 0.25) is 11.2 Å². The molecule has 1 saturated carbocycles. The van der Waals surface area contributed by atoms with Crippen molar-refractivity contribution >= 4 is 29.2 Å². The van der Waals surface area contributed by atoms with Crippen molar-refractivity contribution in [3.8, 4) is 0 Å². The normalized spacial score (nSPS) is 17.7. The van der Waals surface area contributed by atoms with E-state index < -0.39 is 23.7 Å². The number of nitrogens with one attached hydrogen (secondary N) is 3. The molecule has 1 heterocycles. The van der Waals surface area contributed by atoms with Gasteiger partial charge in [-0.2, -0.15) is 13.2 Å². The van der Waals surface area contributed by atoms with Crippen LogP contribution in [0.5, 0.6) is 0 Å². The topological polar surface area (TPSA) is 103 Å². The second kappa shape index (κ2) is 11.6. The highest BCUT2D eigenvalue weighted by Gasteiger charge is 2.33. The SMILES string of the molecule is CN(C)[C@@H]1CCC[C@@H]([n+]2cc(NC(=O)Nc3cc(NC(=O)Cc4ccccc4)cc(C(F)(F)F)c3)on2)C1. The van der Waals surface area contributed by atoms with Gasteiger partial charge in [-0.1, -0.05) is 30.3 Å². The summed E-state index contributed by atoms with van der Waals surface area (Å²) in [4.78, 5) is 27.1. The van der Waals surface area contributed by atoms with Crippen LogP contribution in [0.15, 0.2) is 59.3 Å². The first-order chi connectivity index (χ1) is 18.1. The molecule has 3 N–H and O–H groups in total. The Hall–Kier alpha value is -3.93. The Balaban J connectivity index is 1.42. The van der Waals surface area contributed by atoms with Crippen LogP contribution in [0.1, 0.15) is 42.9 Å². The molecule has 0 saturated heterocycles. The van der Waals surface area contributed by atoms with E-state index >= 15 is 0 Å². The minimum Gasteiger partial charge on any atom is -0.326 e. The van der Waals surface area contributed by atoms with Crippen LogP contribution in [0.3, 0.4) is 0 Å². The van der Waals surface area contributed by atoms with E-state index in [9.17, 15) is 22.8 Å². The van der Waals surface area contributed by atoms with Crippen LogP contribution in [0.2, 0.25) is 0 Å². The van der Waals surface area contributed by atoms with E-state index in [-0.39, 0.29) is 29.7 Å². The third-order valence-corrected chi connectivity index (χ3v) is 6.45. The zero-order valence-electron chi connectivity index (χ0n) is 21.1. The lowest BCUT2D eigenvalue weighted by molar-refractivity contribution is -0.787. The Bertz CT molecular complexity index is 1260. The summed E-state index contributed by atoms with van der Waals surface area (Å²) in [5.74, 6) is -0.436. The van der Waals surface area contributed by atoms with E-state index in [0.29, 0.717) is 11.6 Å². The van der Waals surface area contributed by atoms with Crippen LogP contribution in [-0.4, -0.2) is 42.2 Å². The summed E-state index contributed by atoms with van der Waals surface area (Å²) in [5.41, 5.74) is -0.554. The number of carbonyl (C=O) groups is 2. The Morgan fingerprint density at radius 1 is 1.05 bits per heavy atom. The zero-order valence-corrected chi connectivity index (χ0v) is 21.1. The second-order valence-corrected chi connectivity index (χ2v) is 9.57. The highest BCUT2D eigenvalue weighted by Crippen LogP contribution is 2.33. The van der Waals surface area contributed by atoms with Gasteiger partial charge in [-0.25, -0.2) is 4.79 Å². The number of nitrogens with zero attached hydrogens (tertiary/aromatic N) is 3. The minimum atomic E-state index is -4.69. The lowest BCUT2D eigenvalue weighted by Gasteiger charge is -2.29. The van der Waals surface area contributed by atoms with E-state index in [4.69, 9.17) is 4.52 Å². The smallest absolute Gasteiger partial charge is 0.326 e. The van der Waals surface area contributed by atoms with Crippen LogP contribution in [0.4, 0.5) is 35.2 Å². The molecule has 4 rings (SSSR count). The molecule has 202 valence electrons. The first-order valence-corrected chi connectivity index (χ1v) is 12.3. The number of rotatable bonds is 7. The lowest BCUT2D eigenvalue weighted by atomic mass is 9.90. The van der Waals surface area contributed by atoms with Gasteiger partial charge in [0, 0.05) is 30.3 Å². The Kier molecular flexibility index (Phi) is 8.30. The molecule has 1 aromatic heterocycles. The number of carbonyl (C=O) groups excluding carboxylic acids is 2. The third-order valence-electron chi connectivity index (χ3n) is 6.45. The first-order valence-electron chi connectivity index (χ1n) is 12.3. The molecule has 0 spiro atoms. The van der Waals surface area contributed by atoms with Gasteiger partial charge in [0.05, 0.1) is 12.0 Å². The van der Waals surface area contributed by atoms with Gasteiger partial charge in [0.1, 0.15) is 0 Å². The lowest BCUT2D eigenvalue weighted by Crippen LogP contribution is -2.46. The van der Waals surface area contributed by atoms with Crippen molar-refractivity contribution in [3.05, 3.63) is 65.9 Å². The highest BCUT2D eigenvalue weighted by molar-refractivity contribution is 6.00. The van der Waals surface area contributed by atoms with Crippen LogP contribution < -0.4 is 20.6 Å². The van der Waals surface area contributed by atoms with Gasteiger partial charge in [0.25, 0.3) is 6.20 Å². The molecular weight excluding hydrogens is 501 g/mol. The highest BCUT2D eigenvalue weighted by atomic mass is 19.4. The molecule has 12 heteroatoms. The van der Waals surface area contributed by atoms with Crippen molar-refractivity contribution in [1.82, 2.24) is 10.2 Å². The van der Waals surface area contributed by atoms with Gasteiger partial charge in [-0.3, -0.25) is 14.6 Å². The molecule has 38 heavy (non-hydrogen) atoms. The maximum Gasteiger partial charge on any atom is 0.416 e. The molecule has 0 bridgehead atoms. The molecule has 1 fully saturated rings. The van der Waals surface area contributed by atoms with E-state index in [0.717, 1.165) is 37.8 Å². The second-order valence-electron chi connectivity index (χ2n) is 9.57. The average Bonchev–Trinajstić information content (AvgIpc) is 3.32. The molecule has 9 nitrogen and oxygen atoms in total. The molecule has 1 aliphatic rings. The van der Waals surface area contributed by atoms with Gasteiger partial charge in [-0.05, 0) is 55.4 Å². The van der Waals surface area contributed by atoms with E-state index in [2.05, 4.69) is 26.1 Å². The number of amides is 3. The molecule has 0 unspecified atom stereocenters. The predicted molar refractivity (Wildman–Crippen MR) is 135 cm³/mol. The Morgan fingerprint density at radius 3 is 2.45 bits per heavy atom. The molecule has 3 amide bonds. The number of hydrogen-bond acceptors (Lipinski definition) is 5. The van der Waals surface area contributed by atoms with Gasteiger partial charge >= 0.3 is 18.1 Å². The Morgan fingerprint density at radius 2 is 1.76 bits per heavy atom. The van der Waals surface area contributed by atoms with Crippen LogP contribution >= 0.6 is 0 Å². The zero-order chi connectivity index (χ0) is 27.3. The summed E-state index contributed by atoms with van der Waals surface area (Å²) in [6.07, 6.45) is 0.812. The maximum absolute atomic E-state index is 13.5. The molecule has 3 aromatic rings. The molecule has 1 aliphatic carbocycles. The fraction of sp³-hybridized carbons (Fsp3) is 0.385. The summed E-state index contributed by atoms with van der Waals surface area (Å²) in [6.45, 7) is 0. The van der Waals surface area contributed by atoms with Gasteiger partial charge in [-0.15, -0.1) is 0 Å². The largest absolute Gasteiger partial charge is 0.416 e. The van der Waals surface area contributed by atoms with Crippen LogP contribution in [-0.2, 0) is 17.4 Å². The van der Waals surface area contributed by atoms with Crippen molar-refractivity contribution in [2.24, 2.45) is 0 Å². The van der Waals surface area contributed by atoms with Crippen molar-refractivity contribution < 1.29 is 32.0 Å². The number of benzene rings is 2. The number of anilines is 3. The standard InChI is InChI=1S/C26H29F3N6O3/c1-34(2)21-9-6-10-22(15-21)35-16-24(38-33-35)32-25(37)31-20-13-18(26(27,28)29)12-19(14-20)30-23(36)11-17-7-4-3-5-8-17/h3-5,7-8,12-14,16,21-22H,6,9-11,15H2,1-2H3,(H2-,30,31,32,33,36,37)/p+1/t21-,22-/m1/s1. The van der Waals surface area contributed by atoms with Crippen molar-refractivity contribution in [2.75, 3.05) is 30.0 Å². The van der Waals surface area contributed by atoms with Crippen LogP contribution in [0, 0.1) is 0 Å². The minimum absolute atomic E-state index is 0.0118. The van der Waals surface area contributed by atoms with Gasteiger partial charge < -0.3 is 15.5 Å². The van der Waals surface area contributed by atoms with Crippen molar-refractivity contribution in [1.29, 1.82) is 0 Å². The van der Waals surface area contributed by atoms with Gasteiger partial charge in [0.15, 0.2) is 6.04 Å². The first kappa shape index (κ1) is 27.1. The Labute approximate surface area is 218 Å². The van der Waals surface area contributed by atoms with Crippen molar-refractivity contribution in [2.45, 2.75) is 50.4 Å². The molecule has 0 aliphatic heterocycles. The number of hydrogen-bond donors (Lipinski definition) is 3. The molecule has 2 atom stereocenters. The third kappa shape index (κ3) is 7.31. The quantitative estimate of drug-likeness (QED) is 0.378. The fourth-order valence-electron chi connectivity index (χ4n) is 4.53. The number of aromatic nitrogens is 2. The molecule has 0 radical (unpaired) electrons. The fourth-order valence-corrected chi connectivity index (χ4v) is 4.53. The summed E-state index contributed by atoms with van der Waals surface area (Å²) in [7, 11) is 4.07. The number of alkyl halides is 3. The summed E-state index contributed by atoms with van der Waals surface area (Å²) >= 11 is 0. The number of urea groups is 1. The predicted octanol–water partition coefficient (Wildman–Crippen LogP) is 4.85. The monoisotopic (exact) mass is 531 g/mol. The maximum atomic E-state index is 13.5. The summed E-state index contributed by atoms with van der Waals surface area (Å²) in [5, 5.41) is 11.3. The molecule has 2 aromatic carbocycles. The van der Waals surface area contributed by atoms with E-state index in [1.165, 1.54) is 6.07 Å². The average molecular weight is 532 g/mol. The van der Waals surface area contributed by atoms with E-state index in [1.54, 1.807) is 41.2 Å². The summed E-state index contributed by atoms with van der Waals surface area (Å²) in [6, 6.07) is 11.4. The van der Waals surface area contributed by atoms with Crippen molar-refractivity contribution in [3.63, 3.8) is 0 Å². The molecular formula is C26H30F3N6O3+.